The first-order valence-corrected chi connectivity index (χ1v) is 5.54. The third kappa shape index (κ3) is 1.75. The Hall–Kier alpha value is -0.990. The average Bonchev–Trinajstić information content (AvgIpc) is 2.58. The van der Waals surface area contributed by atoms with Gasteiger partial charge in [-0.15, -0.1) is 11.6 Å². The number of aryl methyl sites for hydroxylation is 1. The van der Waals surface area contributed by atoms with E-state index >= 15 is 0 Å². The van der Waals surface area contributed by atoms with E-state index in [0.717, 1.165) is 11.2 Å². The summed E-state index contributed by atoms with van der Waals surface area (Å²) >= 11 is 5.85. The molecule has 1 aromatic heterocycles. The van der Waals surface area contributed by atoms with Crippen LogP contribution < -0.4 is 0 Å². The van der Waals surface area contributed by atoms with Crippen LogP contribution in [0.15, 0.2) is 30.3 Å². The molecule has 0 saturated heterocycles. The van der Waals surface area contributed by atoms with E-state index in [-0.39, 0.29) is 12.6 Å². The van der Waals surface area contributed by atoms with Crippen molar-refractivity contribution in [3.05, 3.63) is 36.0 Å². The fourth-order valence-electron chi connectivity index (χ4n) is 2.00. The molecule has 0 spiro atoms. The molecule has 2 aromatic rings. The van der Waals surface area contributed by atoms with Gasteiger partial charge in [0.05, 0.1) is 12.6 Å². The predicted molar refractivity (Wildman–Crippen MR) is 63.5 cm³/mol. The second-order valence-corrected chi connectivity index (χ2v) is 4.01. The van der Waals surface area contributed by atoms with Gasteiger partial charge in [0, 0.05) is 17.1 Å². The van der Waals surface area contributed by atoms with Crippen LogP contribution in [0.1, 0.15) is 11.7 Å². The Bertz CT molecular complexity index is 460. The largest absolute Gasteiger partial charge is 0.394 e. The van der Waals surface area contributed by atoms with Crippen molar-refractivity contribution in [2.24, 2.45) is 0 Å². The standard InChI is InChI=1S/C12H14ClNO/c1-9-6-10-4-2-3-5-12(10)14(9)11(7-13)8-15/h2-6,11,15H,7-8H2,1H3. The van der Waals surface area contributed by atoms with Crippen LogP contribution in [-0.4, -0.2) is 22.2 Å². The van der Waals surface area contributed by atoms with Crippen LogP contribution in [0.2, 0.25) is 0 Å². The molecule has 1 aromatic carbocycles. The van der Waals surface area contributed by atoms with E-state index in [0.29, 0.717) is 5.88 Å². The number of aliphatic hydroxyl groups excluding tert-OH is 1. The maximum atomic E-state index is 9.28. The predicted octanol–water partition coefficient (Wildman–Crippen LogP) is 2.72. The van der Waals surface area contributed by atoms with Crippen LogP contribution in [0.3, 0.4) is 0 Å². The van der Waals surface area contributed by atoms with E-state index in [9.17, 15) is 5.11 Å². The number of hydrogen-bond donors (Lipinski definition) is 1. The molecule has 1 atom stereocenters. The van der Waals surface area contributed by atoms with Crippen molar-refractivity contribution < 1.29 is 5.11 Å². The van der Waals surface area contributed by atoms with Gasteiger partial charge in [0.2, 0.25) is 0 Å². The number of rotatable bonds is 3. The van der Waals surface area contributed by atoms with Gasteiger partial charge in [-0.05, 0) is 24.4 Å². The van der Waals surface area contributed by atoms with E-state index in [1.54, 1.807) is 0 Å². The summed E-state index contributed by atoms with van der Waals surface area (Å²) in [6.07, 6.45) is 0. The summed E-state index contributed by atoms with van der Waals surface area (Å²) in [4.78, 5) is 0. The van der Waals surface area contributed by atoms with Crippen LogP contribution in [0, 0.1) is 6.92 Å². The van der Waals surface area contributed by atoms with E-state index in [2.05, 4.69) is 22.8 Å². The normalized spacial score (nSPS) is 13.3. The summed E-state index contributed by atoms with van der Waals surface area (Å²) in [6.45, 7) is 2.11. The number of aromatic nitrogens is 1. The molecule has 0 bridgehead atoms. The first-order valence-electron chi connectivity index (χ1n) is 5.01. The lowest BCUT2D eigenvalue weighted by molar-refractivity contribution is 0.242. The Kier molecular flexibility index (Phi) is 2.98. The SMILES string of the molecule is Cc1cc2ccccc2n1C(CO)CCl. The first-order chi connectivity index (χ1) is 7.27. The number of halogens is 1. The molecule has 15 heavy (non-hydrogen) atoms. The van der Waals surface area contributed by atoms with Crippen molar-refractivity contribution in [1.82, 2.24) is 4.57 Å². The van der Waals surface area contributed by atoms with Crippen molar-refractivity contribution in [2.45, 2.75) is 13.0 Å². The third-order valence-corrected chi connectivity index (χ3v) is 3.05. The molecule has 3 heteroatoms. The van der Waals surface area contributed by atoms with E-state index in [1.165, 1.54) is 5.39 Å². The lowest BCUT2D eigenvalue weighted by Gasteiger charge is -2.16. The van der Waals surface area contributed by atoms with Crippen LogP contribution in [-0.2, 0) is 0 Å². The Morgan fingerprint density at radius 1 is 1.40 bits per heavy atom. The van der Waals surface area contributed by atoms with Gasteiger partial charge < -0.3 is 9.67 Å². The smallest absolute Gasteiger partial charge is 0.0705 e. The van der Waals surface area contributed by atoms with E-state index in [1.807, 2.05) is 19.1 Å². The second-order valence-electron chi connectivity index (χ2n) is 3.71. The van der Waals surface area contributed by atoms with Gasteiger partial charge in [0.1, 0.15) is 0 Å². The molecule has 2 nitrogen and oxygen atoms in total. The van der Waals surface area contributed by atoms with Crippen molar-refractivity contribution in [1.29, 1.82) is 0 Å². The van der Waals surface area contributed by atoms with Gasteiger partial charge in [0.25, 0.3) is 0 Å². The van der Waals surface area contributed by atoms with Crippen LogP contribution >= 0.6 is 11.6 Å². The average molecular weight is 224 g/mol. The van der Waals surface area contributed by atoms with Gasteiger partial charge in [-0.2, -0.15) is 0 Å². The van der Waals surface area contributed by atoms with E-state index < -0.39 is 0 Å². The summed E-state index contributed by atoms with van der Waals surface area (Å²) in [5.41, 5.74) is 2.27. The van der Waals surface area contributed by atoms with Crippen molar-refractivity contribution in [3.8, 4) is 0 Å². The summed E-state index contributed by atoms with van der Waals surface area (Å²) in [6, 6.07) is 10.2. The highest BCUT2D eigenvalue weighted by Crippen LogP contribution is 2.24. The monoisotopic (exact) mass is 223 g/mol. The fraction of sp³-hybridized carbons (Fsp3) is 0.333. The molecule has 1 N–H and O–H groups in total. The molecule has 2 rings (SSSR count). The zero-order valence-corrected chi connectivity index (χ0v) is 9.41. The van der Waals surface area contributed by atoms with Gasteiger partial charge in [-0.25, -0.2) is 0 Å². The Morgan fingerprint density at radius 3 is 2.80 bits per heavy atom. The van der Waals surface area contributed by atoms with E-state index in [4.69, 9.17) is 11.6 Å². The third-order valence-electron chi connectivity index (χ3n) is 2.69. The van der Waals surface area contributed by atoms with Crippen LogP contribution in [0.4, 0.5) is 0 Å². The summed E-state index contributed by atoms with van der Waals surface area (Å²) in [5, 5.41) is 10.5. The van der Waals surface area contributed by atoms with Crippen molar-refractivity contribution in [3.63, 3.8) is 0 Å². The van der Waals surface area contributed by atoms with Gasteiger partial charge in [-0.1, -0.05) is 18.2 Å². The van der Waals surface area contributed by atoms with Crippen LogP contribution in [0.5, 0.6) is 0 Å². The number of fused-ring (bicyclic) bond motifs is 1. The highest BCUT2D eigenvalue weighted by Gasteiger charge is 2.13. The molecular formula is C12H14ClNO. The zero-order valence-electron chi connectivity index (χ0n) is 8.65. The lowest BCUT2D eigenvalue weighted by atomic mass is 10.2. The minimum absolute atomic E-state index is 0.0356. The lowest BCUT2D eigenvalue weighted by Crippen LogP contribution is -2.15. The fourth-order valence-corrected chi connectivity index (χ4v) is 2.23. The summed E-state index contributed by atoms with van der Waals surface area (Å²) in [5.74, 6) is 0.427. The van der Waals surface area contributed by atoms with Gasteiger partial charge in [-0.3, -0.25) is 0 Å². The number of aliphatic hydroxyl groups is 1. The highest BCUT2D eigenvalue weighted by atomic mass is 35.5. The number of alkyl halides is 1. The molecular weight excluding hydrogens is 210 g/mol. The minimum atomic E-state index is -0.0356. The quantitative estimate of drug-likeness (QED) is 0.796. The van der Waals surface area contributed by atoms with Gasteiger partial charge >= 0.3 is 0 Å². The van der Waals surface area contributed by atoms with Crippen molar-refractivity contribution in [2.75, 3.05) is 12.5 Å². The summed E-state index contributed by atoms with van der Waals surface area (Å²) in [7, 11) is 0. The first kappa shape index (κ1) is 10.5. The Balaban J connectivity index is 2.62. The molecule has 0 fully saturated rings. The number of para-hydroxylation sites is 1. The molecule has 0 amide bonds. The zero-order chi connectivity index (χ0) is 10.8. The molecule has 1 heterocycles. The number of benzene rings is 1. The molecule has 1 unspecified atom stereocenters. The van der Waals surface area contributed by atoms with Gasteiger partial charge in [0.15, 0.2) is 0 Å². The highest BCUT2D eigenvalue weighted by molar-refractivity contribution is 6.18. The maximum Gasteiger partial charge on any atom is 0.0705 e. The molecule has 0 aliphatic heterocycles. The second kappa shape index (κ2) is 4.25. The number of hydrogen-bond acceptors (Lipinski definition) is 1. The molecule has 0 aliphatic carbocycles. The minimum Gasteiger partial charge on any atom is -0.394 e. The molecule has 80 valence electrons. The molecule has 0 saturated carbocycles. The van der Waals surface area contributed by atoms with Crippen molar-refractivity contribution >= 4 is 22.5 Å². The summed E-state index contributed by atoms with van der Waals surface area (Å²) < 4.78 is 2.10. The molecule has 0 radical (unpaired) electrons. The van der Waals surface area contributed by atoms with Crippen LogP contribution in [0.25, 0.3) is 10.9 Å². The topological polar surface area (TPSA) is 25.2 Å². The Morgan fingerprint density at radius 2 is 2.13 bits per heavy atom. The number of nitrogens with zero attached hydrogens (tertiary/aromatic N) is 1. The maximum absolute atomic E-state index is 9.28. The Labute approximate surface area is 94.1 Å². The molecule has 0 aliphatic rings.